The number of carbonyl (C=O) groups is 2. The van der Waals surface area contributed by atoms with Gasteiger partial charge in [-0.15, -0.1) is 0 Å². The minimum absolute atomic E-state index is 0.179. The molecule has 11 heteroatoms. The summed E-state index contributed by atoms with van der Waals surface area (Å²) in [5.74, 6) is -0.485. The van der Waals surface area contributed by atoms with Crippen LogP contribution in [0.25, 0.3) is 6.08 Å². The highest BCUT2D eigenvalue weighted by molar-refractivity contribution is 7.07. The fraction of sp³-hybridized carbons (Fsp3) is 0.259. The van der Waals surface area contributed by atoms with Gasteiger partial charge in [0.05, 0.1) is 42.7 Å². The molecule has 1 aliphatic heterocycles. The van der Waals surface area contributed by atoms with Crippen molar-refractivity contribution in [1.82, 2.24) is 4.57 Å². The summed E-state index contributed by atoms with van der Waals surface area (Å²) in [4.78, 5) is 42.6. The average Bonchev–Trinajstić information content (AvgIpc) is 3.20. The van der Waals surface area contributed by atoms with Crippen LogP contribution in [-0.4, -0.2) is 49.0 Å². The number of allylic oxidation sites excluding steroid dienone is 1. The van der Waals surface area contributed by atoms with Gasteiger partial charge in [-0.05, 0) is 55.3 Å². The zero-order chi connectivity index (χ0) is 27.4. The first kappa shape index (κ1) is 26.7. The van der Waals surface area contributed by atoms with Crippen molar-refractivity contribution in [3.8, 4) is 17.2 Å². The van der Waals surface area contributed by atoms with E-state index in [0.29, 0.717) is 37.7 Å². The van der Waals surface area contributed by atoms with Crippen LogP contribution in [-0.2, 0) is 14.3 Å². The lowest BCUT2D eigenvalue weighted by Crippen LogP contribution is -2.39. The van der Waals surface area contributed by atoms with Gasteiger partial charge in [0.25, 0.3) is 5.56 Å². The SMILES string of the molecule is CCOC(=O)C1=C(C)N=c2s/c(=C/c3ccc(OCC(=O)O)c(OC)c3)c(=O)n2[C@H]1c1cccc(OC)c1. The van der Waals surface area contributed by atoms with Crippen molar-refractivity contribution < 1.29 is 33.6 Å². The van der Waals surface area contributed by atoms with Crippen molar-refractivity contribution in [2.24, 2.45) is 4.99 Å². The molecule has 0 radical (unpaired) electrons. The van der Waals surface area contributed by atoms with Crippen LogP contribution in [0.5, 0.6) is 17.2 Å². The van der Waals surface area contributed by atoms with E-state index in [4.69, 9.17) is 24.1 Å². The number of methoxy groups -OCH3 is 2. The van der Waals surface area contributed by atoms with Crippen LogP contribution in [0.3, 0.4) is 0 Å². The highest BCUT2D eigenvalue weighted by Gasteiger charge is 2.33. The quantitative estimate of drug-likeness (QED) is 0.412. The van der Waals surface area contributed by atoms with Crippen LogP contribution < -0.4 is 29.1 Å². The number of nitrogens with zero attached hydrogens (tertiary/aromatic N) is 2. The number of carbonyl (C=O) groups excluding carboxylic acids is 1. The zero-order valence-electron chi connectivity index (χ0n) is 21.2. The molecule has 198 valence electrons. The van der Waals surface area contributed by atoms with Crippen molar-refractivity contribution in [2.45, 2.75) is 19.9 Å². The molecule has 0 bridgehead atoms. The Morgan fingerprint density at radius 3 is 2.61 bits per heavy atom. The summed E-state index contributed by atoms with van der Waals surface area (Å²) in [5, 5.41) is 8.88. The molecule has 0 unspecified atom stereocenters. The number of thiazole rings is 1. The fourth-order valence-electron chi connectivity index (χ4n) is 4.10. The molecule has 0 saturated carbocycles. The Balaban J connectivity index is 1.86. The fourth-order valence-corrected chi connectivity index (χ4v) is 5.15. The molecule has 0 fully saturated rings. The van der Waals surface area contributed by atoms with Gasteiger partial charge in [0.15, 0.2) is 22.9 Å². The molecule has 38 heavy (non-hydrogen) atoms. The molecule has 0 amide bonds. The molecule has 1 aliphatic rings. The van der Waals surface area contributed by atoms with Crippen molar-refractivity contribution in [3.05, 3.63) is 84.5 Å². The standard InChI is InChI=1S/C27H26N2O8S/c1-5-36-26(33)23-15(2)28-27-29(24(23)17-7-6-8-18(13-17)34-3)25(32)21(38-27)12-16-9-10-19(20(11-16)35-4)37-14-22(30)31/h6-13,24H,5,14H2,1-4H3,(H,30,31)/b21-12+/t24-/m0/s1. The van der Waals surface area contributed by atoms with Crippen LogP contribution in [0.1, 0.15) is 31.0 Å². The van der Waals surface area contributed by atoms with Gasteiger partial charge in [-0.25, -0.2) is 14.6 Å². The highest BCUT2D eigenvalue weighted by Crippen LogP contribution is 2.32. The van der Waals surface area contributed by atoms with Crippen molar-refractivity contribution in [3.63, 3.8) is 0 Å². The number of rotatable bonds is 9. The van der Waals surface area contributed by atoms with Gasteiger partial charge in [0.1, 0.15) is 5.75 Å². The first-order valence-corrected chi connectivity index (χ1v) is 12.4. The van der Waals surface area contributed by atoms with E-state index < -0.39 is 24.6 Å². The molecule has 4 rings (SSSR count). The lowest BCUT2D eigenvalue weighted by molar-refractivity contribution is -0.140. The number of hydrogen-bond acceptors (Lipinski definition) is 9. The maximum Gasteiger partial charge on any atom is 0.341 e. The third kappa shape index (κ3) is 5.32. The van der Waals surface area contributed by atoms with E-state index in [1.807, 2.05) is 6.07 Å². The average molecular weight is 539 g/mol. The van der Waals surface area contributed by atoms with E-state index in [-0.39, 0.29) is 23.5 Å². The lowest BCUT2D eigenvalue weighted by Gasteiger charge is -2.25. The molecule has 10 nitrogen and oxygen atoms in total. The summed E-state index contributed by atoms with van der Waals surface area (Å²) in [6, 6.07) is 11.3. The van der Waals surface area contributed by atoms with Gasteiger partial charge < -0.3 is 24.1 Å². The number of fused-ring (bicyclic) bond motifs is 1. The maximum absolute atomic E-state index is 13.7. The molecular weight excluding hydrogens is 512 g/mol. The predicted octanol–water partition coefficient (Wildman–Crippen LogP) is 2.28. The van der Waals surface area contributed by atoms with Gasteiger partial charge in [-0.1, -0.05) is 29.5 Å². The van der Waals surface area contributed by atoms with E-state index in [2.05, 4.69) is 4.99 Å². The number of aromatic nitrogens is 1. The molecular formula is C27H26N2O8S. The van der Waals surface area contributed by atoms with Gasteiger partial charge in [0.2, 0.25) is 0 Å². The van der Waals surface area contributed by atoms with E-state index >= 15 is 0 Å². The molecule has 2 heterocycles. The summed E-state index contributed by atoms with van der Waals surface area (Å²) < 4.78 is 23.2. The van der Waals surface area contributed by atoms with Crippen LogP contribution in [0.4, 0.5) is 0 Å². The molecule has 3 aromatic rings. The van der Waals surface area contributed by atoms with Gasteiger partial charge >= 0.3 is 11.9 Å². The normalized spacial score (nSPS) is 14.9. The number of esters is 1. The molecule has 1 atom stereocenters. The number of carboxylic acid groups (broad SMARTS) is 1. The van der Waals surface area contributed by atoms with Crippen LogP contribution in [0.15, 0.2) is 63.5 Å². The zero-order valence-corrected chi connectivity index (χ0v) is 22.0. The van der Waals surface area contributed by atoms with Crippen LogP contribution in [0.2, 0.25) is 0 Å². The van der Waals surface area contributed by atoms with Gasteiger partial charge in [-0.2, -0.15) is 0 Å². The van der Waals surface area contributed by atoms with Gasteiger partial charge in [0, 0.05) is 0 Å². The predicted molar refractivity (Wildman–Crippen MR) is 140 cm³/mol. The Morgan fingerprint density at radius 1 is 1.13 bits per heavy atom. The Morgan fingerprint density at radius 2 is 1.92 bits per heavy atom. The van der Waals surface area contributed by atoms with Crippen molar-refractivity contribution in [1.29, 1.82) is 0 Å². The Labute approximate surface area is 221 Å². The monoisotopic (exact) mass is 538 g/mol. The number of benzene rings is 2. The maximum atomic E-state index is 13.7. The number of ether oxygens (including phenoxy) is 4. The Hall–Kier alpha value is -4.38. The summed E-state index contributed by atoms with van der Waals surface area (Å²) >= 11 is 1.19. The summed E-state index contributed by atoms with van der Waals surface area (Å²) in [6.45, 7) is 3.10. The third-order valence-electron chi connectivity index (χ3n) is 5.76. The lowest BCUT2D eigenvalue weighted by atomic mass is 9.95. The first-order valence-electron chi connectivity index (χ1n) is 11.6. The van der Waals surface area contributed by atoms with Crippen molar-refractivity contribution in [2.75, 3.05) is 27.4 Å². The molecule has 0 saturated heterocycles. The van der Waals surface area contributed by atoms with Gasteiger partial charge in [-0.3, -0.25) is 9.36 Å². The van der Waals surface area contributed by atoms with Crippen LogP contribution in [0, 0.1) is 0 Å². The summed E-state index contributed by atoms with van der Waals surface area (Å²) in [7, 11) is 2.98. The topological polar surface area (TPSA) is 126 Å². The molecule has 1 aromatic heterocycles. The minimum atomic E-state index is -1.11. The van der Waals surface area contributed by atoms with E-state index in [1.165, 1.54) is 23.0 Å². The highest BCUT2D eigenvalue weighted by atomic mass is 32.1. The molecule has 2 aromatic carbocycles. The van der Waals surface area contributed by atoms with Crippen molar-refractivity contribution >= 4 is 29.4 Å². The summed E-state index contributed by atoms with van der Waals surface area (Å²) in [5.41, 5.74) is 1.72. The second kappa shape index (κ2) is 11.3. The third-order valence-corrected chi connectivity index (χ3v) is 6.75. The number of aliphatic carboxylic acids is 1. The molecule has 0 spiro atoms. The molecule has 0 aliphatic carbocycles. The second-order valence-electron chi connectivity index (χ2n) is 8.17. The Kier molecular flexibility index (Phi) is 7.96. The largest absolute Gasteiger partial charge is 0.497 e. The second-order valence-corrected chi connectivity index (χ2v) is 9.18. The number of carboxylic acids is 1. The molecule has 1 N–H and O–H groups in total. The minimum Gasteiger partial charge on any atom is -0.497 e. The van der Waals surface area contributed by atoms with Crippen LogP contribution >= 0.6 is 11.3 Å². The smallest absolute Gasteiger partial charge is 0.341 e. The van der Waals surface area contributed by atoms with E-state index in [1.54, 1.807) is 63.4 Å². The van der Waals surface area contributed by atoms with E-state index in [0.717, 1.165) is 0 Å². The summed E-state index contributed by atoms with van der Waals surface area (Å²) in [6.07, 6.45) is 1.68. The Bertz CT molecular complexity index is 1600. The number of hydrogen-bond donors (Lipinski definition) is 1. The van der Waals surface area contributed by atoms with E-state index in [9.17, 15) is 14.4 Å². The first-order chi connectivity index (χ1) is 18.3.